The number of aryl methyl sites for hydroxylation is 3. The Morgan fingerprint density at radius 1 is 1.00 bits per heavy atom. The van der Waals surface area contributed by atoms with Gasteiger partial charge in [0, 0.05) is 26.6 Å². The third-order valence-electron chi connectivity index (χ3n) is 5.37. The summed E-state index contributed by atoms with van der Waals surface area (Å²) in [7, 11) is 2.00. The Kier molecular flexibility index (Phi) is 5.67. The minimum Gasteiger partial charge on any atom is -0.378 e. The van der Waals surface area contributed by atoms with Crippen molar-refractivity contribution in [3.05, 3.63) is 35.9 Å². The first-order valence-electron chi connectivity index (χ1n) is 10.7. The van der Waals surface area contributed by atoms with E-state index in [-0.39, 0.29) is 0 Å². The molecule has 0 atom stereocenters. The normalized spacial score (nSPS) is 14.2. The first kappa shape index (κ1) is 20.3. The highest BCUT2D eigenvalue weighted by Crippen LogP contribution is 2.28. The van der Waals surface area contributed by atoms with Crippen molar-refractivity contribution in [3.8, 4) is 5.95 Å². The molecule has 0 radical (unpaired) electrons. The van der Waals surface area contributed by atoms with E-state index in [1.165, 1.54) is 0 Å². The van der Waals surface area contributed by atoms with Crippen molar-refractivity contribution in [1.29, 1.82) is 0 Å². The quantitative estimate of drug-likeness (QED) is 0.518. The molecule has 1 aliphatic heterocycles. The van der Waals surface area contributed by atoms with Gasteiger partial charge in [0.1, 0.15) is 11.6 Å². The molecule has 0 bridgehead atoms. The summed E-state index contributed by atoms with van der Waals surface area (Å²) in [5, 5.41) is 0. The van der Waals surface area contributed by atoms with Crippen LogP contribution in [-0.2, 0) is 18.2 Å². The maximum Gasteiger partial charge on any atom is 0.239 e. The maximum atomic E-state index is 5.53. The van der Waals surface area contributed by atoms with Gasteiger partial charge >= 0.3 is 0 Å². The van der Waals surface area contributed by atoms with Gasteiger partial charge in [-0.05, 0) is 19.1 Å². The lowest BCUT2D eigenvalue weighted by Gasteiger charge is -2.28. The molecule has 0 N–H and O–H groups in total. The summed E-state index contributed by atoms with van der Waals surface area (Å²) >= 11 is 0. The molecule has 4 heterocycles. The second-order valence-corrected chi connectivity index (χ2v) is 7.04. The Balaban J connectivity index is 0.00000106. The molecule has 1 saturated heterocycles. The average Bonchev–Trinajstić information content (AvgIpc) is 3.32. The van der Waals surface area contributed by atoms with E-state index in [1.54, 1.807) is 0 Å². The van der Waals surface area contributed by atoms with Gasteiger partial charge in [-0.2, -0.15) is 9.97 Å². The van der Waals surface area contributed by atoms with E-state index in [2.05, 4.69) is 22.5 Å². The van der Waals surface area contributed by atoms with Crippen LogP contribution >= 0.6 is 0 Å². The SMILES string of the molecule is CC.CCc1nc2ccccc2n1-c1nc(N2CCOCC2)c2nc(C)n(C)c2n1. The first-order chi connectivity index (χ1) is 14.7. The monoisotopic (exact) mass is 407 g/mol. The molecule has 0 aliphatic carbocycles. The second kappa shape index (κ2) is 8.39. The molecule has 0 saturated carbocycles. The van der Waals surface area contributed by atoms with Crippen LogP contribution in [0.5, 0.6) is 0 Å². The summed E-state index contributed by atoms with van der Waals surface area (Å²) in [5.74, 6) is 3.38. The average molecular weight is 408 g/mol. The molecule has 3 aromatic heterocycles. The lowest BCUT2D eigenvalue weighted by Crippen LogP contribution is -2.37. The molecular formula is C22H29N7O. The number of fused-ring (bicyclic) bond motifs is 2. The molecule has 0 unspecified atom stereocenters. The third kappa shape index (κ3) is 3.31. The lowest BCUT2D eigenvalue weighted by atomic mass is 10.3. The van der Waals surface area contributed by atoms with Crippen LogP contribution in [0.15, 0.2) is 24.3 Å². The Hall–Kier alpha value is -3.00. The number of ether oxygens (including phenoxy) is 1. The van der Waals surface area contributed by atoms with Gasteiger partial charge in [0.15, 0.2) is 17.0 Å². The Morgan fingerprint density at radius 2 is 1.73 bits per heavy atom. The number of para-hydroxylation sites is 2. The standard InChI is InChI=1S/C20H23N7O.C2H6/c1-4-16-22-14-7-5-6-8-15(14)27(16)20-23-18-17(21-13(2)25(18)3)19(24-20)26-9-11-28-12-10-26;1-2/h5-8H,4,9-12H2,1-3H3;1-2H3. The number of imidazole rings is 2. The summed E-state index contributed by atoms with van der Waals surface area (Å²) in [5.41, 5.74) is 3.65. The van der Waals surface area contributed by atoms with Gasteiger partial charge in [-0.25, -0.2) is 9.97 Å². The van der Waals surface area contributed by atoms with Gasteiger partial charge in [0.2, 0.25) is 5.95 Å². The van der Waals surface area contributed by atoms with Gasteiger partial charge in [0.25, 0.3) is 0 Å². The van der Waals surface area contributed by atoms with Crippen LogP contribution < -0.4 is 4.90 Å². The summed E-state index contributed by atoms with van der Waals surface area (Å²) in [6.45, 7) is 11.1. The third-order valence-corrected chi connectivity index (χ3v) is 5.37. The summed E-state index contributed by atoms with van der Waals surface area (Å²) in [6, 6.07) is 8.13. The Labute approximate surface area is 176 Å². The molecule has 4 aromatic rings. The largest absolute Gasteiger partial charge is 0.378 e. The van der Waals surface area contributed by atoms with Crippen molar-refractivity contribution in [2.45, 2.75) is 34.1 Å². The molecule has 1 aliphatic rings. The molecule has 8 heteroatoms. The minimum absolute atomic E-state index is 0.641. The molecule has 0 amide bonds. The smallest absolute Gasteiger partial charge is 0.239 e. The van der Waals surface area contributed by atoms with Crippen molar-refractivity contribution < 1.29 is 4.74 Å². The van der Waals surface area contributed by atoms with E-state index >= 15 is 0 Å². The Bertz CT molecular complexity index is 1170. The maximum absolute atomic E-state index is 5.53. The van der Waals surface area contributed by atoms with E-state index < -0.39 is 0 Å². The van der Waals surface area contributed by atoms with Crippen LogP contribution in [0.1, 0.15) is 32.4 Å². The van der Waals surface area contributed by atoms with E-state index in [4.69, 9.17) is 24.7 Å². The number of benzene rings is 1. The van der Waals surface area contributed by atoms with Crippen molar-refractivity contribution in [2.24, 2.45) is 7.05 Å². The van der Waals surface area contributed by atoms with Crippen LogP contribution in [0.25, 0.3) is 28.1 Å². The van der Waals surface area contributed by atoms with Crippen molar-refractivity contribution >= 4 is 28.0 Å². The fraction of sp³-hybridized carbons (Fsp3) is 0.455. The predicted octanol–water partition coefficient (Wildman–Crippen LogP) is 3.44. The molecular weight excluding hydrogens is 378 g/mol. The summed E-state index contributed by atoms with van der Waals surface area (Å²) in [4.78, 5) is 21.7. The number of hydrogen-bond donors (Lipinski definition) is 0. The number of aromatic nitrogens is 6. The number of hydrogen-bond acceptors (Lipinski definition) is 6. The van der Waals surface area contributed by atoms with Crippen LogP contribution in [-0.4, -0.2) is 55.4 Å². The van der Waals surface area contributed by atoms with Crippen molar-refractivity contribution in [1.82, 2.24) is 29.1 Å². The fourth-order valence-electron chi connectivity index (χ4n) is 3.78. The van der Waals surface area contributed by atoms with Crippen LogP contribution in [0.3, 0.4) is 0 Å². The van der Waals surface area contributed by atoms with E-state index in [0.717, 1.165) is 59.2 Å². The lowest BCUT2D eigenvalue weighted by molar-refractivity contribution is 0.122. The van der Waals surface area contributed by atoms with Crippen LogP contribution in [0, 0.1) is 6.92 Å². The van der Waals surface area contributed by atoms with Gasteiger partial charge in [-0.3, -0.25) is 4.57 Å². The first-order valence-corrected chi connectivity index (χ1v) is 10.7. The molecule has 1 aromatic carbocycles. The zero-order valence-corrected chi connectivity index (χ0v) is 18.4. The number of nitrogens with zero attached hydrogens (tertiary/aromatic N) is 7. The van der Waals surface area contributed by atoms with Crippen LogP contribution in [0.4, 0.5) is 5.82 Å². The minimum atomic E-state index is 0.641. The predicted molar refractivity (Wildman–Crippen MR) is 119 cm³/mol. The van der Waals surface area contributed by atoms with E-state index in [9.17, 15) is 0 Å². The highest BCUT2D eigenvalue weighted by molar-refractivity contribution is 5.86. The molecule has 0 spiro atoms. The molecule has 5 rings (SSSR count). The molecule has 158 valence electrons. The zero-order valence-electron chi connectivity index (χ0n) is 18.4. The Morgan fingerprint density at radius 3 is 2.47 bits per heavy atom. The number of morpholine rings is 1. The molecule has 30 heavy (non-hydrogen) atoms. The van der Waals surface area contributed by atoms with Gasteiger partial charge in [-0.15, -0.1) is 0 Å². The topological polar surface area (TPSA) is 73.9 Å². The van der Waals surface area contributed by atoms with Gasteiger partial charge < -0.3 is 14.2 Å². The molecule has 1 fully saturated rings. The number of anilines is 1. The van der Waals surface area contributed by atoms with Gasteiger partial charge in [-0.1, -0.05) is 32.9 Å². The van der Waals surface area contributed by atoms with Crippen molar-refractivity contribution in [3.63, 3.8) is 0 Å². The summed E-state index contributed by atoms with van der Waals surface area (Å²) in [6.07, 6.45) is 0.799. The summed E-state index contributed by atoms with van der Waals surface area (Å²) < 4.78 is 9.63. The number of rotatable bonds is 3. The van der Waals surface area contributed by atoms with Crippen molar-refractivity contribution in [2.75, 3.05) is 31.2 Å². The highest BCUT2D eigenvalue weighted by Gasteiger charge is 2.23. The highest BCUT2D eigenvalue weighted by atomic mass is 16.5. The zero-order chi connectivity index (χ0) is 21.3. The second-order valence-electron chi connectivity index (χ2n) is 7.04. The van der Waals surface area contributed by atoms with Crippen LogP contribution in [0.2, 0.25) is 0 Å². The van der Waals surface area contributed by atoms with E-state index in [1.807, 2.05) is 50.6 Å². The van der Waals surface area contributed by atoms with Gasteiger partial charge in [0.05, 0.1) is 24.2 Å². The fourth-order valence-corrected chi connectivity index (χ4v) is 3.78. The molecule has 8 nitrogen and oxygen atoms in total. The van der Waals surface area contributed by atoms with E-state index in [0.29, 0.717) is 19.2 Å².